The fourth-order valence-corrected chi connectivity index (χ4v) is 4.99. The lowest BCUT2D eigenvalue weighted by Gasteiger charge is -2.26. The van der Waals surface area contributed by atoms with Gasteiger partial charge in [-0.3, -0.25) is 24.6 Å². The third-order valence-corrected chi connectivity index (χ3v) is 6.99. The first kappa shape index (κ1) is 23.5. The standard InChI is InChI=1S/C27H31N3O5/c31-25-6-2-5-23(26(32)28-25)27(33)30-16-20-3-1-4-21(24(20)17-30)18-35-22-9-7-19(8-10-22)15-29-11-13-34-14-12-29/h1,3-4,7-10,23H,2,5-6,11-18H2,(H,28,31,32)/t23-/m0/s1. The van der Waals surface area contributed by atoms with Crippen molar-refractivity contribution in [3.63, 3.8) is 0 Å². The van der Waals surface area contributed by atoms with E-state index in [1.54, 1.807) is 4.90 Å². The van der Waals surface area contributed by atoms with Gasteiger partial charge < -0.3 is 14.4 Å². The summed E-state index contributed by atoms with van der Waals surface area (Å²) in [4.78, 5) is 41.2. The average molecular weight is 478 g/mol. The average Bonchev–Trinajstić information content (AvgIpc) is 3.24. The molecule has 1 N–H and O–H groups in total. The van der Waals surface area contributed by atoms with Crippen LogP contribution >= 0.6 is 0 Å². The number of nitrogens with one attached hydrogen (secondary N) is 1. The number of hydrogen-bond acceptors (Lipinski definition) is 6. The molecule has 0 bridgehead atoms. The SMILES string of the molecule is O=C1CCC[C@H](C(=O)N2Cc3cccc(COc4ccc(CN5CCOCC5)cc4)c3C2)C(=O)N1. The van der Waals surface area contributed by atoms with Gasteiger partial charge in [-0.15, -0.1) is 0 Å². The first-order valence-electron chi connectivity index (χ1n) is 12.3. The summed E-state index contributed by atoms with van der Waals surface area (Å²) in [5.74, 6) is -0.987. The van der Waals surface area contributed by atoms with Gasteiger partial charge >= 0.3 is 0 Å². The molecule has 1 atom stereocenters. The summed E-state index contributed by atoms with van der Waals surface area (Å²) in [6, 6.07) is 14.2. The van der Waals surface area contributed by atoms with Crippen LogP contribution in [0.1, 0.15) is 41.5 Å². The smallest absolute Gasteiger partial charge is 0.239 e. The molecule has 5 rings (SSSR count). The van der Waals surface area contributed by atoms with Gasteiger partial charge in [0.2, 0.25) is 17.7 Å². The van der Waals surface area contributed by atoms with Gasteiger partial charge in [-0.05, 0) is 47.2 Å². The van der Waals surface area contributed by atoms with Crippen LogP contribution in [0.2, 0.25) is 0 Å². The number of fused-ring (bicyclic) bond motifs is 1. The number of morpholine rings is 1. The van der Waals surface area contributed by atoms with E-state index in [9.17, 15) is 14.4 Å². The number of amides is 3. The highest BCUT2D eigenvalue weighted by atomic mass is 16.5. The van der Waals surface area contributed by atoms with Gasteiger partial charge in [0.1, 0.15) is 18.3 Å². The highest BCUT2D eigenvalue weighted by Gasteiger charge is 2.36. The summed E-state index contributed by atoms with van der Waals surface area (Å²) in [6.07, 6.45) is 1.23. The molecule has 0 aliphatic carbocycles. The van der Waals surface area contributed by atoms with Crippen molar-refractivity contribution in [1.82, 2.24) is 15.1 Å². The number of nitrogens with zero attached hydrogens (tertiary/aromatic N) is 2. The summed E-state index contributed by atoms with van der Waals surface area (Å²) in [7, 11) is 0. The number of carbonyl (C=O) groups is 3. The van der Waals surface area contributed by atoms with E-state index in [2.05, 4.69) is 22.3 Å². The molecule has 0 saturated carbocycles. The van der Waals surface area contributed by atoms with Crippen molar-refractivity contribution in [2.45, 2.75) is 45.5 Å². The minimum atomic E-state index is -0.800. The van der Waals surface area contributed by atoms with Gasteiger partial charge in [0, 0.05) is 39.1 Å². The van der Waals surface area contributed by atoms with Crippen LogP contribution in [-0.2, 0) is 45.4 Å². The lowest BCUT2D eigenvalue weighted by atomic mass is 10.0. The zero-order valence-electron chi connectivity index (χ0n) is 19.8. The van der Waals surface area contributed by atoms with Gasteiger partial charge in [-0.2, -0.15) is 0 Å². The molecule has 3 amide bonds. The van der Waals surface area contributed by atoms with E-state index in [1.165, 1.54) is 5.56 Å². The second kappa shape index (κ2) is 10.6. The van der Waals surface area contributed by atoms with E-state index >= 15 is 0 Å². The van der Waals surface area contributed by atoms with Crippen LogP contribution in [0.4, 0.5) is 0 Å². The Balaban J connectivity index is 1.19. The molecular formula is C27H31N3O5. The van der Waals surface area contributed by atoms with Gasteiger partial charge in [0.15, 0.2) is 0 Å². The lowest BCUT2D eigenvalue weighted by Crippen LogP contribution is -2.42. The summed E-state index contributed by atoms with van der Waals surface area (Å²) in [6.45, 7) is 5.73. The highest BCUT2D eigenvalue weighted by molar-refractivity contribution is 6.07. The molecular weight excluding hydrogens is 446 g/mol. The van der Waals surface area contributed by atoms with E-state index in [0.717, 1.165) is 55.3 Å². The maximum Gasteiger partial charge on any atom is 0.239 e. The highest BCUT2D eigenvalue weighted by Crippen LogP contribution is 2.29. The van der Waals surface area contributed by atoms with Crippen LogP contribution in [0.15, 0.2) is 42.5 Å². The van der Waals surface area contributed by atoms with Crippen molar-refractivity contribution < 1.29 is 23.9 Å². The Morgan fingerprint density at radius 1 is 1.06 bits per heavy atom. The van der Waals surface area contributed by atoms with Crippen LogP contribution < -0.4 is 10.1 Å². The van der Waals surface area contributed by atoms with Crippen molar-refractivity contribution in [3.8, 4) is 5.75 Å². The summed E-state index contributed by atoms with van der Waals surface area (Å²) in [5.41, 5.74) is 4.44. The van der Waals surface area contributed by atoms with E-state index in [-0.39, 0.29) is 18.2 Å². The molecule has 3 heterocycles. The number of hydrogen-bond donors (Lipinski definition) is 1. The predicted octanol–water partition coefficient (Wildman–Crippen LogP) is 2.38. The molecule has 0 unspecified atom stereocenters. The first-order valence-corrected chi connectivity index (χ1v) is 12.3. The predicted molar refractivity (Wildman–Crippen MR) is 128 cm³/mol. The number of ether oxygens (including phenoxy) is 2. The van der Waals surface area contributed by atoms with Crippen LogP contribution in [0, 0.1) is 5.92 Å². The van der Waals surface area contributed by atoms with E-state index in [0.29, 0.717) is 32.5 Å². The van der Waals surface area contributed by atoms with Crippen molar-refractivity contribution in [2.75, 3.05) is 26.3 Å². The fraction of sp³-hybridized carbons (Fsp3) is 0.444. The molecule has 0 aromatic heterocycles. The monoisotopic (exact) mass is 477 g/mol. The van der Waals surface area contributed by atoms with Crippen LogP contribution in [0.5, 0.6) is 5.75 Å². The molecule has 3 aliphatic rings. The van der Waals surface area contributed by atoms with Crippen molar-refractivity contribution in [3.05, 3.63) is 64.7 Å². The Hall–Kier alpha value is -3.23. The van der Waals surface area contributed by atoms with Crippen LogP contribution in [0.3, 0.4) is 0 Å². The first-order chi connectivity index (χ1) is 17.1. The molecule has 2 saturated heterocycles. The van der Waals surface area contributed by atoms with Gasteiger partial charge in [-0.25, -0.2) is 0 Å². The van der Waals surface area contributed by atoms with Crippen molar-refractivity contribution in [1.29, 1.82) is 0 Å². The topological polar surface area (TPSA) is 88.2 Å². The molecule has 8 nitrogen and oxygen atoms in total. The lowest BCUT2D eigenvalue weighted by molar-refractivity contribution is -0.143. The maximum absolute atomic E-state index is 13.1. The molecule has 35 heavy (non-hydrogen) atoms. The van der Waals surface area contributed by atoms with E-state index < -0.39 is 11.8 Å². The molecule has 0 spiro atoms. The maximum atomic E-state index is 13.1. The molecule has 3 aliphatic heterocycles. The van der Waals surface area contributed by atoms with Crippen LogP contribution in [-0.4, -0.2) is 53.8 Å². The molecule has 8 heteroatoms. The Labute approximate surface area is 205 Å². The quantitative estimate of drug-likeness (QED) is 0.508. The fourth-order valence-electron chi connectivity index (χ4n) is 4.99. The number of benzene rings is 2. The zero-order chi connectivity index (χ0) is 24.2. The van der Waals surface area contributed by atoms with Gasteiger partial charge in [0.25, 0.3) is 0 Å². The molecule has 184 valence electrons. The summed E-state index contributed by atoms with van der Waals surface area (Å²) < 4.78 is 11.5. The molecule has 0 radical (unpaired) electrons. The number of rotatable bonds is 6. The molecule has 2 aromatic carbocycles. The zero-order valence-corrected chi connectivity index (χ0v) is 19.8. The third kappa shape index (κ3) is 5.55. The van der Waals surface area contributed by atoms with Gasteiger partial charge in [0.05, 0.1) is 13.2 Å². The normalized spacial score (nSPS) is 20.8. The van der Waals surface area contributed by atoms with Gasteiger partial charge in [-0.1, -0.05) is 30.3 Å². The second-order valence-corrected chi connectivity index (χ2v) is 9.43. The van der Waals surface area contributed by atoms with Crippen LogP contribution in [0.25, 0.3) is 0 Å². The minimum Gasteiger partial charge on any atom is -0.489 e. The van der Waals surface area contributed by atoms with E-state index in [1.807, 2.05) is 30.3 Å². The Morgan fingerprint density at radius 3 is 2.66 bits per heavy atom. The molecule has 2 aromatic rings. The second-order valence-electron chi connectivity index (χ2n) is 9.43. The van der Waals surface area contributed by atoms with E-state index in [4.69, 9.17) is 9.47 Å². The Kier molecular flexibility index (Phi) is 7.11. The number of imide groups is 1. The third-order valence-electron chi connectivity index (χ3n) is 6.99. The Bertz CT molecular complexity index is 1090. The largest absolute Gasteiger partial charge is 0.489 e. The number of carbonyl (C=O) groups excluding carboxylic acids is 3. The Morgan fingerprint density at radius 2 is 1.86 bits per heavy atom. The van der Waals surface area contributed by atoms with Crippen molar-refractivity contribution >= 4 is 17.7 Å². The minimum absolute atomic E-state index is 0.212. The van der Waals surface area contributed by atoms with Crippen molar-refractivity contribution in [2.24, 2.45) is 5.92 Å². The molecule has 2 fully saturated rings. The summed E-state index contributed by atoms with van der Waals surface area (Å²) in [5, 5.41) is 2.34. The summed E-state index contributed by atoms with van der Waals surface area (Å²) >= 11 is 0.